The molecule has 2 rings (SSSR count). The Hall–Kier alpha value is -2.96. The van der Waals surface area contributed by atoms with E-state index in [2.05, 4.69) is 4.74 Å². The van der Waals surface area contributed by atoms with E-state index in [-0.39, 0.29) is 18.7 Å². The van der Waals surface area contributed by atoms with Gasteiger partial charge in [0.1, 0.15) is 11.3 Å². The lowest BCUT2D eigenvalue weighted by atomic mass is 10.1. The summed E-state index contributed by atoms with van der Waals surface area (Å²) < 4.78 is 16.9. The number of nitrogens with zero attached hydrogens (tertiary/aromatic N) is 1. The average Bonchev–Trinajstić information content (AvgIpc) is 2.50. The highest BCUT2D eigenvalue weighted by molar-refractivity contribution is 5.92. The molecule has 0 amide bonds. The zero-order valence-corrected chi connectivity index (χ0v) is 11.9. The first-order valence-electron chi connectivity index (χ1n) is 6.14. The van der Waals surface area contributed by atoms with Crippen molar-refractivity contribution in [1.29, 1.82) is 0 Å². The molecular weight excluding hydrogens is 305 g/mol. The number of nitro groups is 1. The van der Waals surface area contributed by atoms with E-state index in [1.54, 1.807) is 19.1 Å². The first-order chi connectivity index (χ1) is 10.4. The van der Waals surface area contributed by atoms with Crippen LogP contribution in [0.15, 0.2) is 42.5 Å². The molecule has 0 aliphatic rings. The Morgan fingerprint density at radius 1 is 1.22 bits per heavy atom. The normalized spacial score (nSPS) is 9.00. The van der Waals surface area contributed by atoms with Crippen molar-refractivity contribution in [2.24, 2.45) is 0 Å². The molecule has 0 spiro atoms. The van der Waals surface area contributed by atoms with Gasteiger partial charge in [-0.3, -0.25) is 10.1 Å². The molecule has 0 aliphatic heterocycles. The quantitative estimate of drug-likeness (QED) is 0.515. The Kier molecular flexibility index (Phi) is 7.96. The van der Waals surface area contributed by atoms with Gasteiger partial charge in [-0.15, -0.1) is 0 Å². The molecule has 0 bridgehead atoms. The van der Waals surface area contributed by atoms with Crippen molar-refractivity contribution in [1.82, 2.24) is 0 Å². The summed E-state index contributed by atoms with van der Waals surface area (Å²) in [5.41, 5.74) is 0.387. The minimum Gasteiger partial charge on any atom is -0.507 e. The fourth-order valence-corrected chi connectivity index (χ4v) is 1.53. The molecule has 0 fully saturated rings. The Bertz CT molecular complexity index is 688. The van der Waals surface area contributed by atoms with Crippen molar-refractivity contribution in [3.63, 3.8) is 0 Å². The van der Waals surface area contributed by atoms with E-state index in [4.69, 9.17) is 0 Å². The minimum atomic E-state index is -0.799. The predicted octanol–water partition coefficient (Wildman–Crippen LogP) is 3.86. The number of benzene rings is 2. The summed E-state index contributed by atoms with van der Waals surface area (Å²) in [6.07, 6.45) is 0. The third-order valence-corrected chi connectivity index (χ3v) is 2.69. The molecule has 124 valence electrons. The Morgan fingerprint density at radius 3 is 2.30 bits per heavy atom. The van der Waals surface area contributed by atoms with E-state index in [0.717, 1.165) is 12.1 Å². The molecule has 0 saturated carbocycles. The smallest absolute Gasteiger partial charge is 0.341 e. The number of hydrogen-bond acceptors (Lipinski definition) is 5. The van der Waals surface area contributed by atoms with Gasteiger partial charge in [-0.1, -0.05) is 31.7 Å². The minimum absolute atomic E-state index is 0. The summed E-state index contributed by atoms with van der Waals surface area (Å²) >= 11 is 0. The number of methoxy groups -OCH3 is 1. The standard InChI is InChI=1S/C9H10O3.C6H4FNO2.CH4/c1-6-4-3-5-7(8(6)10)9(11)12-2;7-5-3-1-2-4-6(5)8(9)10;/h3-5,10H,1-2H3;1-4H;1H4. The third-order valence-electron chi connectivity index (χ3n) is 2.69. The van der Waals surface area contributed by atoms with Crippen molar-refractivity contribution >= 4 is 11.7 Å². The van der Waals surface area contributed by atoms with Crippen molar-refractivity contribution in [3.05, 3.63) is 69.5 Å². The molecule has 0 unspecified atom stereocenters. The van der Waals surface area contributed by atoms with Crippen LogP contribution in [0.25, 0.3) is 0 Å². The molecule has 1 N–H and O–H groups in total. The van der Waals surface area contributed by atoms with Crippen molar-refractivity contribution < 1.29 is 24.0 Å². The third kappa shape index (κ3) is 5.39. The van der Waals surface area contributed by atoms with Gasteiger partial charge < -0.3 is 9.84 Å². The zero-order valence-electron chi connectivity index (χ0n) is 11.9. The molecule has 0 radical (unpaired) electrons. The molecule has 23 heavy (non-hydrogen) atoms. The van der Waals surface area contributed by atoms with Crippen molar-refractivity contribution in [3.8, 4) is 5.75 Å². The van der Waals surface area contributed by atoms with E-state index in [0.29, 0.717) is 5.56 Å². The summed E-state index contributed by atoms with van der Waals surface area (Å²) in [4.78, 5) is 20.2. The second-order valence-electron chi connectivity index (χ2n) is 4.17. The number of nitro benzene ring substituents is 1. The number of phenolic OH excluding ortho intramolecular Hbond substituents is 1. The predicted molar refractivity (Wildman–Crippen MR) is 84.0 cm³/mol. The van der Waals surface area contributed by atoms with Gasteiger partial charge >= 0.3 is 11.7 Å². The second-order valence-corrected chi connectivity index (χ2v) is 4.17. The average molecular weight is 323 g/mol. The number of rotatable bonds is 2. The van der Waals surface area contributed by atoms with Gasteiger partial charge in [0.25, 0.3) is 0 Å². The summed E-state index contributed by atoms with van der Waals surface area (Å²) in [6.45, 7) is 1.72. The first kappa shape index (κ1) is 20.0. The van der Waals surface area contributed by atoms with Crippen LogP contribution >= 0.6 is 0 Å². The lowest BCUT2D eigenvalue weighted by Crippen LogP contribution is -2.01. The molecule has 2 aromatic carbocycles. The highest BCUT2D eigenvalue weighted by Crippen LogP contribution is 2.21. The van der Waals surface area contributed by atoms with Crippen LogP contribution in [0, 0.1) is 22.9 Å². The fraction of sp³-hybridized carbons (Fsp3) is 0.188. The van der Waals surface area contributed by atoms with E-state index < -0.39 is 22.4 Å². The number of carbonyl (C=O) groups excluding carboxylic acids is 1. The van der Waals surface area contributed by atoms with E-state index in [9.17, 15) is 24.4 Å². The molecule has 0 aliphatic carbocycles. The maximum Gasteiger partial charge on any atom is 0.341 e. The van der Waals surface area contributed by atoms with Crippen LogP contribution in [0.3, 0.4) is 0 Å². The van der Waals surface area contributed by atoms with Gasteiger partial charge in [0, 0.05) is 6.07 Å². The molecule has 2 aromatic rings. The maximum atomic E-state index is 12.4. The topological polar surface area (TPSA) is 89.7 Å². The Balaban J connectivity index is 0.000000409. The number of para-hydroxylation sites is 2. The molecule has 0 aromatic heterocycles. The molecular formula is C16H18FNO5. The summed E-state index contributed by atoms with van der Waals surface area (Å²) in [5.74, 6) is -1.33. The SMILES string of the molecule is C.COC(=O)c1cccc(C)c1O.O=[N+]([O-])c1ccccc1F. The number of phenols is 1. The van der Waals surface area contributed by atoms with Gasteiger partial charge in [-0.2, -0.15) is 4.39 Å². The highest BCUT2D eigenvalue weighted by Gasteiger charge is 2.11. The van der Waals surface area contributed by atoms with Crippen LogP contribution in [0.5, 0.6) is 5.75 Å². The Labute approximate surface area is 133 Å². The van der Waals surface area contributed by atoms with Crippen molar-refractivity contribution in [2.45, 2.75) is 14.4 Å². The number of carbonyl (C=O) groups is 1. The second kappa shape index (κ2) is 9.14. The zero-order chi connectivity index (χ0) is 16.7. The lowest BCUT2D eigenvalue weighted by molar-refractivity contribution is -0.387. The van der Waals surface area contributed by atoms with E-state index >= 15 is 0 Å². The van der Waals surface area contributed by atoms with Crippen LogP contribution < -0.4 is 0 Å². The van der Waals surface area contributed by atoms with E-state index in [1.165, 1.54) is 25.3 Å². The first-order valence-corrected chi connectivity index (χ1v) is 6.14. The van der Waals surface area contributed by atoms with Gasteiger partial charge in [0.05, 0.1) is 12.0 Å². The van der Waals surface area contributed by atoms with Crippen LogP contribution in [0.1, 0.15) is 23.3 Å². The lowest BCUT2D eigenvalue weighted by Gasteiger charge is -2.03. The van der Waals surface area contributed by atoms with Crippen LogP contribution in [-0.4, -0.2) is 23.1 Å². The van der Waals surface area contributed by atoms with Crippen LogP contribution in [0.4, 0.5) is 10.1 Å². The Morgan fingerprint density at radius 2 is 1.83 bits per heavy atom. The van der Waals surface area contributed by atoms with Crippen LogP contribution in [0.2, 0.25) is 0 Å². The number of hydrogen-bond donors (Lipinski definition) is 1. The summed E-state index contributed by atoms with van der Waals surface area (Å²) in [7, 11) is 1.28. The molecule has 7 heteroatoms. The number of aryl methyl sites for hydroxylation is 1. The number of ether oxygens (including phenoxy) is 1. The fourth-order valence-electron chi connectivity index (χ4n) is 1.53. The molecule has 6 nitrogen and oxygen atoms in total. The number of halogens is 1. The number of esters is 1. The van der Waals surface area contributed by atoms with Gasteiger partial charge in [0.2, 0.25) is 5.82 Å². The molecule has 0 saturated heterocycles. The summed E-state index contributed by atoms with van der Waals surface area (Å²) in [5, 5.41) is 19.4. The monoisotopic (exact) mass is 323 g/mol. The summed E-state index contributed by atoms with van der Waals surface area (Å²) in [6, 6.07) is 9.94. The highest BCUT2D eigenvalue weighted by atomic mass is 19.1. The molecule has 0 atom stereocenters. The van der Waals surface area contributed by atoms with Crippen LogP contribution in [-0.2, 0) is 4.74 Å². The van der Waals surface area contributed by atoms with Gasteiger partial charge in [-0.05, 0) is 24.6 Å². The van der Waals surface area contributed by atoms with Gasteiger partial charge in [-0.25, -0.2) is 4.79 Å². The molecule has 0 heterocycles. The maximum absolute atomic E-state index is 12.4. The van der Waals surface area contributed by atoms with E-state index in [1.807, 2.05) is 0 Å². The van der Waals surface area contributed by atoms with Crippen molar-refractivity contribution in [2.75, 3.05) is 7.11 Å². The van der Waals surface area contributed by atoms with Gasteiger partial charge in [0.15, 0.2) is 0 Å². The number of aromatic hydroxyl groups is 1. The largest absolute Gasteiger partial charge is 0.507 e.